The van der Waals surface area contributed by atoms with E-state index in [4.69, 9.17) is 0 Å². The van der Waals surface area contributed by atoms with E-state index >= 15 is 0 Å². The molecule has 0 bridgehead atoms. The zero-order valence-electron chi connectivity index (χ0n) is 11.6. The minimum Gasteiger partial charge on any atom is -0.275 e. The fourth-order valence-corrected chi connectivity index (χ4v) is 2.16. The van der Waals surface area contributed by atoms with Crippen LogP contribution >= 0.6 is 0 Å². The summed E-state index contributed by atoms with van der Waals surface area (Å²) in [7, 11) is 1.38. The SMILES string of the molecule is CN(C)S(=O)(=O)NCc1ccc(-c2cnn(C)c2)nc1. The Morgan fingerprint density at radius 3 is 2.55 bits per heavy atom. The third-order valence-electron chi connectivity index (χ3n) is 2.76. The number of nitrogens with zero attached hydrogens (tertiary/aromatic N) is 4. The molecule has 2 aromatic rings. The van der Waals surface area contributed by atoms with Gasteiger partial charge in [-0.2, -0.15) is 22.5 Å². The predicted molar refractivity (Wildman–Crippen MR) is 75.9 cm³/mol. The van der Waals surface area contributed by atoms with Crippen molar-refractivity contribution in [1.82, 2.24) is 23.8 Å². The monoisotopic (exact) mass is 295 g/mol. The molecule has 1 N–H and O–H groups in total. The Morgan fingerprint density at radius 1 is 1.30 bits per heavy atom. The van der Waals surface area contributed by atoms with Crippen LogP contribution in [0, 0.1) is 0 Å². The highest BCUT2D eigenvalue weighted by molar-refractivity contribution is 7.87. The van der Waals surface area contributed by atoms with E-state index in [-0.39, 0.29) is 6.54 Å². The van der Waals surface area contributed by atoms with E-state index in [1.807, 2.05) is 25.4 Å². The minimum absolute atomic E-state index is 0.209. The van der Waals surface area contributed by atoms with Crippen molar-refractivity contribution in [3.05, 3.63) is 36.3 Å². The van der Waals surface area contributed by atoms with Gasteiger partial charge in [0, 0.05) is 45.6 Å². The highest BCUT2D eigenvalue weighted by Gasteiger charge is 2.12. The molecule has 0 spiro atoms. The molecule has 0 saturated heterocycles. The standard InChI is InChI=1S/C12H17N5O2S/c1-16(2)20(18,19)15-7-10-4-5-12(13-6-10)11-8-14-17(3)9-11/h4-6,8-9,15H,7H2,1-3H3. The lowest BCUT2D eigenvalue weighted by molar-refractivity contribution is 0.505. The molecule has 2 aromatic heterocycles. The lowest BCUT2D eigenvalue weighted by Crippen LogP contribution is -2.35. The van der Waals surface area contributed by atoms with Crippen molar-refractivity contribution < 1.29 is 8.42 Å². The van der Waals surface area contributed by atoms with Gasteiger partial charge in [-0.1, -0.05) is 6.07 Å². The normalized spacial score (nSPS) is 12.0. The number of hydrogen-bond acceptors (Lipinski definition) is 4. The largest absolute Gasteiger partial charge is 0.279 e. The summed E-state index contributed by atoms with van der Waals surface area (Å²) < 4.78 is 28.5. The second kappa shape index (κ2) is 5.70. The fraction of sp³-hybridized carbons (Fsp3) is 0.333. The first-order valence-corrected chi connectivity index (χ1v) is 7.43. The van der Waals surface area contributed by atoms with Crippen LogP contribution in [-0.2, 0) is 23.8 Å². The van der Waals surface area contributed by atoms with Crippen LogP contribution in [0.4, 0.5) is 0 Å². The minimum atomic E-state index is -3.41. The molecule has 0 unspecified atom stereocenters. The summed E-state index contributed by atoms with van der Waals surface area (Å²) in [6.07, 6.45) is 5.26. The second-order valence-corrected chi connectivity index (χ2v) is 6.53. The zero-order valence-corrected chi connectivity index (χ0v) is 12.4. The van der Waals surface area contributed by atoms with Crippen molar-refractivity contribution in [1.29, 1.82) is 0 Å². The Balaban J connectivity index is 2.06. The number of rotatable bonds is 5. The molecule has 8 heteroatoms. The van der Waals surface area contributed by atoms with Crippen LogP contribution in [0.3, 0.4) is 0 Å². The maximum atomic E-state index is 11.6. The van der Waals surface area contributed by atoms with Gasteiger partial charge in [0.05, 0.1) is 11.9 Å². The van der Waals surface area contributed by atoms with Crippen molar-refractivity contribution in [2.45, 2.75) is 6.54 Å². The molecule has 0 fully saturated rings. The van der Waals surface area contributed by atoms with Gasteiger partial charge in [0.25, 0.3) is 10.2 Å². The maximum Gasteiger partial charge on any atom is 0.279 e. The summed E-state index contributed by atoms with van der Waals surface area (Å²) in [5, 5.41) is 4.08. The number of aromatic nitrogens is 3. The first-order chi connectivity index (χ1) is 9.38. The number of nitrogens with one attached hydrogen (secondary N) is 1. The van der Waals surface area contributed by atoms with Crippen LogP contribution in [0.2, 0.25) is 0 Å². The average molecular weight is 295 g/mol. The molecule has 0 radical (unpaired) electrons. The molecule has 108 valence electrons. The Bertz CT molecular complexity index is 676. The van der Waals surface area contributed by atoms with E-state index in [0.717, 1.165) is 21.1 Å². The van der Waals surface area contributed by atoms with Crippen molar-refractivity contribution in [2.75, 3.05) is 14.1 Å². The van der Waals surface area contributed by atoms with Crippen LogP contribution in [-0.4, -0.2) is 41.6 Å². The van der Waals surface area contributed by atoms with Gasteiger partial charge < -0.3 is 0 Å². The number of pyridine rings is 1. The van der Waals surface area contributed by atoms with Gasteiger partial charge >= 0.3 is 0 Å². The van der Waals surface area contributed by atoms with Crippen molar-refractivity contribution in [3.63, 3.8) is 0 Å². The number of aryl methyl sites for hydroxylation is 1. The van der Waals surface area contributed by atoms with Crippen molar-refractivity contribution in [3.8, 4) is 11.3 Å². The quantitative estimate of drug-likeness (QED) is 0.864. The Labute approximate surface area is 118 Å². The molecule has 7 nitrogen and oxygen atoms in total. The third-order valence-corrected chi connectivity index (χ3v) is 4.24. The van der Waals surface area contributed by atoms with Crippen LogP contribution in [0.1, 0.15) is 5.56 Å². The molecular weight excluding hydrogens is 278 g/mol. The summed E-state index contributed by atoms with van der Waals surface area (Å²) in [5.74, 6) is 0. The molecule has 0 aliphatic heterocycles. The fourth-order valence-electron chi connectivity index (χ4n) is 1.56. The first kappa shape index (κ1) is 14.6. The van der Waals surface area contributed by atoms with E-state index in [1.165, 1.54) is 14.1 Å². The van der Waals surface area contributed by atoms with Crippen molar-refractivity contribution >= 4 is 10.2 Å². The van der Waals surface area contributed by atoms with Crippen LogP contribution in [0.15, 0.2) is 30.7 Å². The van der Waals surface area contributed by atoms with Crippen LogP contribution < -0.4 is 4.72 Å². The van der Waals surface area contributed by atoms with Crippen LogP contribution in [0.5, 0.6) is 0 Å². The summed E-state index contributed by atoms with van der Waals surface area (Å²) in [6, 6.07) is 3.68. The molecule has 0 saturated carbocycles. The Kier molecular flexibility index (Phi) is 4.17. The van der Waals surface area contributed by atoms with Gasteiger partial charge in [0.15, 0.2) is 0 Å². The lowest BCUT2D eigenvalue weighted by Gasteiger charge is -2.12. The van der Waals surface area contributed by atoms with Gasteiger partial charge in [-0.25, -0.2) is 0 Å². The molecular formula is C12H17N5O2S. The smallest absolute Gasteiger partial charge is 0.275 e. The van der Waals surface area contributed by atoms with Gasteiger partial charge in [-0.15, -0.1) is 0 Å². The summed E-state index contributed by atoms with van der Waals surface area (Å²) in [6.45, 7) is 0.209. The molecule has 2 heterocycles. The zero-order chi connectivity index (χ0) is 14.8. The van der Waals surface area contributed by atoms with Gasteiger partial charge in [-0.3, -0.25) is 9.67 Å². The molecule has 2 rings (SSSR count). The molecule has 0 aliphatic carbocycles. The highest BCUT2D eigenvalue weighted by Crippen LogP contribution is 2.15. The van der Waals surface area contributed by atoms with Gasteiger partial charge in [0.2, 0.25) is 0 Å². The molecule has 0 aliphatic rings. The Hall–Kier alpha value is -1.77. The van der Waals surface area contributed by atoms with E-state index < -0.39 is 10.2 Å². The number of hydrogen-bond donors (Lipinski definition) is 1. The van der Waals surface area contributed by atoms with E-state index in [9.17, 15) is 8.42 Å². The summed E-state index contributed by atoms with van der Waals surface area (Å²) in [5.41, 5.74) is 2.52. The average Bonchev–Trinajstić information content (AvgIpc) is 2.83. The van der Waals surface area contributed by atoms with Crippen molar-refractivity contribution in [2.24, 2.45) is 7.05 Å². The molecule has 0 atom stereocenters. The maximum absolute atomic E-state index is 11.6. The predicted octanol–water partition coefficient (Wildman–Crippen LogP) is 0.378. The van der Waals surface area contributed by atoms with Gasteiger partial charge in [0.1, 0.15) is 0 Å². The topological polar surface area (TPSA) is 80.1 Å². The highest BCUT2D eigenvalue weighted by atomic mass is 32.2. The lowest BCUT2D eigenvalue weighted by atomic mass is 10.2. The van der Waals surface area contributed by atoms with Crippen LogP contribution in [0.25, 0.3) is 11.3 Å². The molecule has 0 amide bonds. The second-order valence-electron chi connectivity index (χ2n) is 4.56. The molecule has 0 aromatic carbocycles. The van der Waals surface area contributed by atoms with E-state index in [2.05, 4.69) is 14.8 Å². The molecule has 20 heavy (non-hydrogen) atoms. The van der Waals surface area contributed by atoms with Gasteiger partial charge in [-0.05, 0) is 11.6 Å². The Morgan fingerprint density at radius 2 is 2.05 bits per heavy atom. The summed E-state index contributed by atoms with van der Waals surface area (Å²) in [4.78, 5) is 4.31. The first-order valence-electron chi connectivity index (χ1n) is 5.99. The summed E-state index contributed by atoms with van der Waals surface area (Å²) >= 11 is 0. The van der Waals surface area contributed by atoms with E-state index in [1.54, 1.807) is 17.1 Å². The van der Waals surface area contributed by atoms with E-state index in [0.29, 0.717) is 0 Å². The third kappa shape index (κ3) is 3.41.